The minimum Gasteiger partial charge on any atom is -0.478 e. The van der Waals surface area contributed by atoms with Gasteiger partial charge in [-0.15, -0.1) is 0 Å². The summed E-state index contributed by atoms with van der Waals surface area (Å²) in [4.78, 5) is 37.6. The van der Waals surface area contributed by atoms with Crippen LogP contribution < -0.4 is 0 Å². The van der Waals surface area contributed by atoms with Crippen LogP contribution in [0, 0.1) is 0 Å². The summed E-state index contributed by atoms with van der Waals surface area (Å²) in [6.45, 7) is 0.198. The smallest absolute Gasteiger partial charge is 0.335 e. The van der Waals surface area contributed by atoms with Crippen molar-refractivity contribution >= 4 is 46.6 Å². The molecule has 0 atom stereocenters. The molecule has 1 saturated heterocycles. The summed E-state index contributed by atoms with van der Waals surface area (Å²) in [5.41, 5.74) is 1.36. The standard InChI is InChI=1S/C22H14ClNO5S/c23-17-8-6-14(21(26)27)10-16(17)18-9-7-15(29-18)11-19-20(25)24(22(28)30-19)12-13-4-2-1-3-5-13/h1-11H,12H2,(H,26,27)/b19-11-. The lowest BCUT2D eigenvalue weighted by Gasteiger charge is -2.11. The first-order valence-electron chi connectivity index (χ1n) is 8.85. The van der Waals surface area contributed by atoms with Gasteiger partial charge in [-0.1, -0.05) is 41.9 Å². The van der Waals surface area contributed by atoms with E-state index in [9.17, 15) is 14.4 Å². The van der Waals surface area contributed by atoms with Crippen LogP contribution in [0.2, 0.25) is 5.02 Å². The fourth-order valence-corrected chi connectivity index (χ4v) is 3.98. The van der Waals surface area contributed by atoms with Crippen LogP contribution in [-0.4, -0.2) is 27.1 Å². The van der Waals surface area contributed by atoms with Gasteiger partial charge in [0.25, 0.3) is 11.1 Å². The molecule has 1 aliphatic rings. The highest BCUT2D eigenvalue weighted by Crippen LogP contribution is 2.35. The summed E-state index contributed by atoms with van der Waals surface area (Å²) >= 11 is 7.02. The SMILES string of the molecule is O=C(O)c1ccc(Cl)c(-c2ccc(/C=C3\SC(=O)N(Cc4ccccc4)C3=O)o2)c1. The van der Waals surface area contributed by atoms with Crippen LogP contribution in [0.1, 0.15) is 21.7 Å². The van der Waals surface area contributed by atoms with Gasteiger partial charge in [-0.05, 0) is 47.7 Å². The summed E-state index contributed by atoms with van der Waals surface area (Å²) in [6.07, 6.45) is 1.49. The van der Waals surface area contributed by atoms with Gasteiger partial charge in [0, 0.05) is 11.6 Å². The van der Waals surface area contributed by atoms with Gasteiger partial charge in [-0.2, -0.15) is 0 Å². The zero-order valence-electron chi connectivity index (χ0n) is 15.4. The van der Waals surface area contributed by atoms with E-state index in [0.29, 0.717) is 22.1 Å². The van der Waals surface area contributed by atoms with Crippen LogP contribution in [0.5, 0.6) is 0 Å². The van der Waals surface area contributed by atoms with Gasteiger partial charge in [0.15, 0.2) is 0 Å². The lowest BCUT2D eigenvalue weighted by Crippen LogP contribution is -2.27. The van der Waals surface area contributed by atoms with Gasteiger partial charge in [0.05, 0.1) is 22.0 Å². The Hall–Kier alpha value is -3.29. The van der Waals surface area contributed by atoms with Gasteiger partial charge < -0.3 is 9.52 Å². The number of hydrogen-bond donors (Lipinski definition) is 1. The number of halogens is 1. The normalized spacial score (nSPS) is 15.2. The van der Waals surface area contributed by atoms with Gasteiger partial charge in [-0.3, -0.25) is 14.5 Å². The van der Waals surface area contributed by atoms with E-state index in [2.05, 4.69) is 0 Å². The van der Waals surface area contributed by atoms with Crippen LogP contribution in [0.3, 0.4) is 0 Å². The third-order valence-electron chi connectivity index (χ3n) is 4.44. The molecule has 30 heavy (non-hydrogen) atoms. The maximum Gasteiger partial charge on any atom is 0.335 e. The van der Waals surface area contributed by atoms with Crippen LogP contribution >= 0.6 is 23.4 Å². The van der Waals surface area contributed by atoms with Crippen molar-refractivity contribution in [2.24, 2.45) is 0 Å². The minimum atomic E-state index is -1.08. The third-order valence-corrected chi connectivity index (χ3v) is 5.67. The first kappa shape index (κ1) is 20.0. The number of carboxylic acid groups (broad SMARTS) is 1. The van der Waals surface area contributed by atoms with Crippen molar-refractivity contribution in [1.29, 1.82) is 0 Å². The number of hydrogen-bond acceptors (Lipinski definition) is 5. The second-order valence-corrected chi connectivity index (χ2v) is 7.86. The fourth-order valence-electron chi connectivity index (χ4n) is 2.95. The number of carbonyl (C=O) groups is 3. The average Bonchev–Trinajstić information content (AvgIpc) is 3.29. The van der Waals surface area contributed by atoms with Gasteiger partial charge in [0.1, 0.15) is 11.5 Å². The molecule has 0 saturated carbocycles. The molecule has 2 aromatic carbocycles. The molecule has 0 unspecified atom stereocenters. The molecule has 1 fully saturated rings. The molecule has 150 valence electrons. The first-order chi connectivity index (χ1) is 14.4. The molecule has 1 aliphatic heterocycles. The van der Waals surface area contributed by atoms with E-state index in [-0.39, 0.29) is 22.3 Å². The second kappa shape index (κ2) is 8.22. The average molecular weight is 440 g/mol. The number of rotatable bonds is 5. The Bertz CT molecular complexity index is 1190. The van der Waals surface area contributed by atoms with Gasteiger partial charge >= 0.3 is 5.97 Å². The molecule has 1 aromatic heterocycles. The molecule has 6 nitrogen and oxygen atoms in total. The van der Waals surface area contributed by atoms with Crippen molar-refractivity contribution in [1.82, 2.24) is 4.90 Å². The highest BCUT2D eigenvalue weighted by atomic mass is 35.5. The molecule has 1 N–H and O–H groups in total. The Labute approximate surface area is 180 Å². The minimum absolute atomic E-state index is 0.0781. The topological polar surface area (TPSA) is 87.8 Å². The number of aromatic carboxylic acids is 1. The largest absolute Gasteiger partial charge is 0.478 e. The Morgan fingerprint density at radius 2 is 1.87 bits per heavy atom. The van der Waals surface area contributed by atoms with Crippen molar-refractivity contribution in [2.45, 2.75) is 6.54 Å². The summed E-state index contributed by atoms with van der Waals surface area (Å²) < 4.78 is 5.74. The van der Waals surface area contributed by atoms with E-state index in [1.807, 2.05) is 30.3 Å². The second-order valence-electron chi connectivity index (χ2n) is 6.46. The van der Waals surface area contributed by atoms with E-state index in [1.165, 1.54) is 29.2 Å². The molecular weight excluding hydrogens is 426 g/mol. The Balaban J connectivity index is 1.57. The summed E-state index contributed by atoms with van der Waals surface area (Å²) in [5, 5.41) is 9.16. The molecule has 0 spiro atoms. The molecule has 8 heteroatoms. The van der Waals surface area contributed by atoms with Crippen LogP contribution in [0.4, 0.5) is 4.79 Å². The fraction of sp³-hybridized carbons (Fsp3) is 0.0455. The van der Waals surface area contributed by atoms with Crippen molar-refractivity contribution in [3.8, 4) is 11.3 Å². The molecule has 0 radical (unpaired) electrons. The maximum atomic E-state index is 12.7. The monoisotopic (exact) mass is 439 g/mol. The number of benzene rings is 2. The predicted molar refractivity (Wildman–Crippen MR) is 114 cm³/mol. The number of imide groups is 1. The van der Waals surface area contributed by atoms with Crippen molar-refractivity contribution in [3.05, 3.63) is 87.5 Å². The maximum absolute atomic E-state index is 12.7. The van der Waals surface area contributed by atoms with Gasteiger partial charge in [-0.25, -0.2) is 4.79 Å². The molecule has 0 bridgehead atoms. The summed E-state index contributed by atoms with van der Waals surface area (Å²) in [6, 6.07) is 16.8. The Kier molecular flexibility index (Phi) is 5.48. The number of amides is 2. The molecule has 0 aliphatic carbocycles. The zero-order valence-corrected chi connectivity index (χ0v) is 16.9. The van der Waals surface area contributed by atoms with E-state index >= 15 is 0 Å². The first-order valence-corrected chi connectivity index (χ1v) is 10.0. The lowest BCUT2D eigenvalue weighted by atomic mass is 10.1. The summed E-state index contributed by atoms with van der Waals surface area (Å²) in [5.74, 6) is -0.755. The number of nitrogens with zero attached hydrogens (tertiary/aromatic N) is 1. The van der Waals surface area contributed by atoms with Crippen molar-refractivity contribution < 1.29 is 23.9 Å². The molecule has 2 heterocycles. The highest BCUT2D eigenvalue weighted by molar-refractivity contribution is 8.18. The number of carboxylic acids is 1. The summed E-state index contributed by atoms with van der Waals surface area (Å²) in [7, 11) is 0. The number of carbonyl (C=O) groups excluding carboxylic acids is 2. The predicted octanol–water partition coefficient (Wildman–Crippen LogP) is 5.53. The van der Waals surface area contributed by atoms with Crippen LogP contribution in [-0.2, 0) is 11.3 Å². The quantitative estimate of drug-likeness (QED) is 0.525. The number of thioether (sulfide) groups is 1. The Morgan fingerprint density at radius 1 is 1.10 bits per heavy atom. The third kappa shape index (κ3) is 4.03. The van der Waals surface area contributed by atoms with Crippen LogP contribution in [0.25, 0.3) is 17.4 Å². The van der Waals surface area contributed by atoms with Gasteiger partial charge in [0.2, 0.25) is 0 Å². The molecule has 4 rings (SSSR count). The molecule has 2 amide bonds. The highest BCUT2D eigenvalue weighted by Gasteiger charge is 2.35. The molecular formula is C22H14ClNO5S. The van der Waals surface area contributed by atoms with Crippen molar-refractivity contribution in [2.75, 3.05) is 0 Å². The number of furan rings is 1. The van der Waals surface area contributed by atoms with E-state index in [4.69, 9.17) is 21.1 Å². The zero-order chi connectivity index (χ0) is 21.3. The van der Waals surface area contributed by atoms with Crippen molar-refractivity contribution in [3.63, 3.8) is 0 Å². The Morgan fingerprint density at radius 3 is 2.60 bits per heavy atom. The lowest BCUT2D eigenvalue weighted by molar-refractivity contribution is -0.123. The van der Waals surface area contributed by atoms with E-state index < -0.39 is 11.9 Å². The van der Waals surface area contributed by atoms with E-state index in [1.54, 1.807) is 12.1 Å². The van der Waals surface area contributed by atoms with Crippen LogP contribution in [0.15, 0.2) is 70.0 Å². The molecule has 3 aromatic rings. The van der Waals surface area contributed by atoms with E-state index in [0.717, 1.165) is 17.3 Å².